The molecule has 3 aromatic rings. The third kappa shape index (κ3) is 3.35. The maximum absolute atomic E-state index is 11.8. The van der Waals surface area contributed by atoms with E-state index in [1.807, 2.05) is 54.0 Å². The van der Waals surface area contributed by atoms with E-state index in [1.165, 1.54) is 0 Å². The summed E-state index contributed by atoms with van der Waals surface area (Å²) < 4.78 is 1.98. The Bertz CT molecular complexity index is 935. The maximum Gasteiger partial charge on any atom is 0.307 e. The number of aryl methyl sites for hydroxylation is 1. The summed E-state index contributed by atoms with van der Waals surface area (Å²) in [5.41, 5.74) is 2.81. The zero-order valence-electron chi connectivity index (χ0n) is 15.2. The van der Waals surface area contributed by atoms with Gasteiger partial charge < -0.3 is 5.11 Å². The lowest BCUT2D eigenvalue weighted by molar-refractivity contribution is -0.143. The minimum Gasteiger partial charge on any atom is -0.481 e. The summed E-state index contributed by atoms with van der Waals surface area (Å²) in [6.07, 6.45) is 5.17. The van der Waals surface area contributed by atoms with Crippen LogP contribution in [0, 0.1) is 12.8 Å². The van der Waals surface area contributed by atoms with E-state index in [0.717, 1.165) is 36.2 Å². The van der Waals surface area contributed by atoms with E-state index in [2.05, 4.69) is 15.2 Å². The number of aromatic nitrogens is 4. The zero-order chi connectivity index (χ0) is 18.8. The van der Waals surface area contributed by atoms with E-state index >= 15 is 0 Å². The molecule has 138 valence electrons. The highest BCUT2D eigenvalue weighted by atomic mass is 16.4. The smallest absolute Gasteiger partial charge is 0.307 e. The summed E-state index contributed by atoms with van der Waals surface area (Å²) >= 11 is 0. The Balaban J connectivity index is 1.88. The van der Waals surface area contributed by atoms with E-state index < -0.39 is 11.9 Å². The molecule has 0 saturated heterocycles. The minimum absolute atomic E-state index is 0.150. The van der Waals surface area contributed by atoms with Crippen LogP contribution in [0.5, 0.6) is 0 Å². The van der Waals surface area contributed by atoms with Gasteiger partial charge in [-0.1, -0.05) is 36.6 Å². The molecule has 2 unspecified atom stereocenters. The summed E-state index contributed by atoms with van der Waals surface area (Å²) in [5, 5.41) is 18.6. The molecule has 2 aromatic heterocycles. The molecule has 0 spiro atoms. The summed E-state index contributed by atoms with van der Waals surface area (Å²) in [4.78, 5) is 16.3. The van der Waals surface area contributed by atoms with Crippen molar-refractivity contribution < 1.29 is 9.90 Å². The van der Waals surface area contributed by atoms with Gasteiger partial charge in [-0.2, -0.15) is 0 Å². The van der Waals surface area contributed by atoms with Gasteiger partial charge in [0.1, 0.15) is 11.5 Å². The van der Waals surface area contributed by atoms with Crippen molar-refractivity contribution in [2.75, 3.05) is 0 Å². The molecule has 1 aliphatic carbocycles. The third-order valence-corrected chi connectivity index (χ3v) is 5.29. The van der Waals surface area contributed by atoms with E-state index in [-0.39, 0.29) is 5.92 Å². The van der Waals surface area contributed by atoms with Gasteiger partial charge in [-0.25, -0.2) is 0 Å². The first kappa shape index (κ1) is 17.4. The van der Waals surface area contributed by atoms with E-state index in [1.54, 1.807) is 6.20 Å². The van der Waals surface area contributed by atoms with E-state index in [9.17, 15) is 9.90 Å². The first-order valence-electron chi connectivity index (χ1n) is 9.31. The van der Waals surface area contributed by atoms with Crippen LogP contribution in [0.3, 0.4) is 0 Å². The molecule has 1 N–H and O–H groups in total. The number of carboxylic acids is 1. The molecule has 1 fully saturated rings. The van der Waals surface area contributed by atoms with Crippen LogP contribution < -0.4 is 0 Å². The predicted octanol–water partition coefficient (Wildman–Crippen LogP) is 4.00. The van der Waals surface area contributed by atoms with Gasteiger partial charge in [0.25, 0.3) is 0 Å². The number of pyridine rings is 1. The molecular weight excluding hydrogens is 340 g/mol. The van der Waals surface area contributed by atoms with Gasteiger partial charge in [-0.3, -0.25) is 14.3 Å². The van der Waals surface area contributed by atoms with Crippen LogP contribution in [-0.2, 0) is 4.79 Å². The lowest BCUT2D eigenvalue weighted by atomic mass is 9.78. The maximum atomic E-state index is 11.8. The molecule has 6 nitrogen and oxygen atoms in total. The van der Waals surface area contributed by atoms with Gasteiger partial charge in [0, 0.05) is 17.8 Å². The summed E-state index contributed by atoms with van der Waals surface area (Å²) in [6, 6.07) is 13.8. The topological polar surface area (TPSA) is 80.9 Å². The molecule has 0 bridgehead atoms. The number of hydrogen-bond donors (Lipinski definition) is 1. The Morgan fingerprint density at radius 3 is 2.56 bits per heavy atom. The van der Waals surface area contributed by atoms with E-state index in [0.29, 0.717) is 18.1 Å². The number of benzene rings is 1. The van der Waals surface area contributed by atoms with Crippen molar-refractivity contribution >= 4 is 5.97 Å². The van der Waals surface area contributed by atoms with Gasteiger partial charge in [-0.05, 0) is 44.0 Å². The Labute approximate surface area is 157 Å². The van der Waals surface area contributed by atoms with Crippen molar-refractivity contribution in [2.45, 2.75) is 38.5 Å². The molecule has 27 heavy (non-hydrogen) atoms. The number of aliphatic carboxylic acids is 1. The molecule has 0 radical (unpaired) electrons. The van der Waals surface area contributed by atoms with Crippen molar-refractivity contribution in [2.24, 2.45) is 5.92 Å². The van der Waals surface area contributed by atoms with Crippen LogP contribution in [0.15, 0.2) is 48.7 Å². The lowest BCUT2D eigenvalue weighted by Gasteiger charge is -2.28. The second kappa shape index (κ2) is 7.31. The molecule has 4 rings (SSSR count). The monoisotopic (exact) mass is 362 g/mol. The van der Waals surface area contributed by atoms with E-state index in [4.69, 9.17) is 0 Å². The lowest BCUT2D eigenvalue weighted by Crippen LogP contribution is -2.27. The van der Waals surface area contributed by atoms with Crippen LogP contribution in [0.1, 0.15) is 43.0 Å². The number of nitrogens with zero attached hydrogens (tertiary/aromatic N) is 4. The van der Waals surface area contributed by atoms with Crippen LogP contribution in [0.25, 0.3) is 17.2 Å². The van der Waals surface area contributed by atoms with Crippen molar-refractivity contribution in [3.63, 3.8) is 0 Å². The van der Waals surface area contributed by atoms with Crippen molar-refractivity contribution in [3.05, 3.63) is 60.0 Å². The predicted molar refractivity (Wildman–Crippen MR) is 102 cm³/mol. The average molecular weight is 362 g/mol. The number of carboxylic acid groups (broad SMARTS) is 1. The van der Waals surface area contributed by atoms with Gasteiger partial charge in [0.2, 0.25) is 0 Å². The van der Waals surface area contributed by atoms with Gasteiger partial charge in [0.15, 0.2) is 5.82 Å². The quantitative estimate of drug-likeness (QED) is 0.759. The normalized spacial score (nSPS) is 19.7. The fourth-order valence-corrected chi connectivity index (χ4v) is 3.88. The molecule has 1 aromatic carbocycles. The summed E-state index contributed by atoms with van der Waals surface area (Å²) in [5.74, 6) is 0.0274. The van der Waals surface area contributed by atoms with Crippen molar-refractivity contribution in [3.8, 4) is 17.2 Å². The second-order valence-corrected chi connectivity index (χ2v) is 7.10. The molecular formula is C21H22N4O2. The molecule has 1 saturated carbocycles. The Morgan fingerprint density at radius 1 is 1.07 bits per heavy atom. The standard InChI is InChI=1S/C21H22N4O2/c1-14-9-11-15(12-10-14)25-19(16-6-2-3-7-17(16)21(26)27)23-24-20(25)18-8-4-5-13-22-18/h4-5,8-13,16-17H,2-3,6-7H2,1H3,(H,26,27). The van der Waals surface area contributed by atoms with Crippen LogP contribution in [0.2, 0.25) is 0 Å². The van der Waals surface area contributed by atoms with Crippen LogP contribution >= 0.6 is 0 Å². The number of carbonyl (C=O) groups is 1. The molecule has 6 heteroatoms. The SMILES string of the molecule is Cc1ccc(-n2c(-c3ccccn3)nnc2C2CCCCC2C(=O)O)cc1. The van der Waals surface area contributed by atoms with Crippen molar-refractivity contribution in [1.29, 1.82) is 0 Å². The van der Waals surface area contributed by atoms with Crippen LogP contribution in [0.4, 0.5) is 0 Å². The highest BCUT2D eigenvalue weighted by molar-refractivity contribution is 5.71. The third-order valence-electron chi connectivity index (χ3n) is 5.29. The molecule has 1 aliphatic rings. The first-order chi connectivity index (χ1) is 13.1. The zero-order valence-corrected chi connectivity index (χ0v) is 15.2. The summed E-state index contributed by atoms with van der Waals surface area (Å²) in [6.45, 7) is 2.04. The molecule has 2 heterocycles. The average Bonchev–Trinajstić information content (AvgIpc) is 3.14. The fourth-order valence-electron chi connectivity index (χ4n) is 3.88. The molecule has 0 amide bonds. The molecule has 2 atom stereocenters. The fraction of sp³-hybridized carbons (Fsp3) is 0.333. The summed E-state index contributed by atoms with van der Waals surface area (Å²) in [7, 11) is 0. The highest BCUT2D eigenvalue weighted by Gasteiger charge is 2.36. The largest absolute Gasteiger partial charge is 0.481 e. The van der Waals surface area contributed by atoms with Gasteiger partial charge >= 0.3 is 5.97 Å². The second-order valence-electron chi connectivity index (χ2n) is 7.10. The number of rotatable bonds is 4. The van der Waals surface area contributed by atoms with Crippen LogP contribution in [-0.4, -0.2) is 30.8 Å². The number of hydrogen-bond acceptors (Lipinski definition) is 4. The van der Waals surface area contributed by atoms with Gasteiger partial charge in [0.05, 0.1) is 5.92 Å². The minimum atomic E-state index is -0.752. The Hall–Kier alpha value is -3.02. The van der Waals surface area contributed by atoms with Gasteiger partial charge in [-0.15, -0.1) is 10.2 Å². The molecule has 0 aliphatic heterocycles. The highest BCUT2D eigenvalue weighted by Crippen LogP contribution is 2.39. The Morgan fingerprint density at radius 2 is 1.85 bits per heavy atom. The first-order valence-corrected chi connectivity index (χ1v) is 9.31. The Kier molecular flexibility index (Phi) is 4.71. The van der Waals surface area contributed by atoms with Crippen molar-refractivity contribution in [1.82, 2.24) is 19.7 Å².